The third-order valence-electron chi connectivity index (χ3n) is 2.98. The average molecular weight is 198 g/mol. The van der Waals surface area contributed by atoms with E-state index in [0.29, 0.717) is 6.04 Å². The zero-order valence-electron chi connectivity index (χ0n) is 9.25. The number of carbonyl (C=O) groups is 1. The molecule has 0 aromatic carbocycles. The van der Waals surface area contributed by atoms with Crippen LogP contribution in [-0.4, -0.2) is 18.0 Å². The van der Waals surface area contributed by atoms with Crippen LogP contribution in [0.3, 0.4) is 0 Å². The van der Waals surface area contributed by atoms with Crippen LogP contribution < -0.4 is 11.1 Å². The highest BCUT2D eigenvalue weighted by Gasteiger charge is 2.24. The summed E-state index contributed by atoms with van der Waals surface area (Å²) in [5, 5.41) is 3.03. The topological polar surface area (TPSA) is 55.1 Å². The minimum atomic E-state index is -0.309. The van der Waals surface area contributed by atoms with Crippen molar-refractivity contribution < 1.29 is 4.79 Å². The van der Waals surface area contributed by atoms with Gasteiger partial charge in [-0.1, -0.05) is 20.3 Å². The predicted octanol–water partition coefficient (Wildman–Crippen LogP) is 1.42. The van der Waals surface area contributed by atoms with Crippen molar-refractivity contribution in [1.82, 2.24) is 5.32 Å². The van der Waals surface area contributed by atoms with Gasteiger partial charge >= 0.3 is 0 Å². The Kier molecular flexibility index (Phi) is 4.39. The van der Waals surface area contributed by atoms with Crippen molar-refractivity contribution >= 4 is 5.91 Å². The van der Waals surface area contributed by atoms with Gasteiger partial charge in [-0.25, -0.2) is 0 Å². The summed E-state index contributed by atoms with van der Waals surface area (Å²) in [6, 6.07) is 0.0660. The summed E-state index contributed by atoms with van der Waals surface area (Å²) in [6.45, 7) is 4.28. The van der Waals surface area contributed by atoms with E-state index in [1.165, 1.54) is 6.42 Å². The molecular formula is C11H22N2O. The Morgan fingerprint density at radius 1 is 1.57 bits per heavy atom. The van der Waals surface area contributed by atoms with E-state index in [0.717, 1.165) is 31.6 Å². The predicted molar refractivity (Wildman–Crippen MR) is 57.8 cm³/mol. The van der Waals surface area contributed by atoms with Gasteiger partial charge in [-0.15, -0.1) is 0 Å². The second-order valence-corrected chi connectivity index (χ2v) is 4.52. The molecule has 0 radical (unpaired) electrons. The van der Waals surface area contributed by atoms with Crippen molar-refractivity contribution in [3.05, 3.63) is 0 Å². The average Bonchev–Trinajstić information content (AvgIpc) is 2.51. The molecule has 1 amide bonds. The number of nitrogens with two attached hydrogens (primary N) is 1. The normalized spacial score (nSPS) is 28.8. The first-order valence-electron chi connectivity index (χ1n) is 5.69. The summed E-state index contributed by atoms with van der Waals surface area (Å²) in [5.74, 6) is 0.786. The number of nitrogens with one attached hydrogen (secondary N) is 1. The molecule has 1 saturated carbocycles. The lowest BCUT2D eigenvalue weighted by Gasteiger charge is -2.16. The second-order valence-electron chi connectivity index (χ2n) is 4.52. The van der Waals surface area contributed by atoms with Crippen LogP contribution in [0, 0.1) is 5.92 Å². The number of hydrogen-bond acceptors (Lipinski definition) is 2. The fourth-order valence-electron chi connectivity index (χ4n) is 2.09. The zero-order valence-corrected chi connectivity index (χ0v) is 9.25. The molecule has 2 unspecified atom stereocenters. The van der Waals surface area contributed by atoms with E-state index in [1.54, 1.807) is 0 Å². The molecule has 0 saturated heterocycles. The van der Waals surface area contributed by atoms with Gasteiger partial charge < -0.3 is 11.1 Å². The number of hydrogen-bond donors (Lipinski definition) is 2. The Morgan fingerprint density at radius 3 is 2.79 bits per heavy atom. The maximum atomic E-state index is 11.6. The smallest absolute Gasteiger partial charge is 0.237 e. The van der Waals surface area contributed by atoms with Gasteiger partial charge in [0.25, 0.3) is 0 Å². The van der Waals surface area contributed by atoms with E-state index < -0.39 is 0 Å². The van der Waals surface area contributed by atoms with Crippen LogP contribution in [0.4, 0.5) is 0 Å². The summed E-state index contributed by atoms with van der Waals surface area (Å²) in [6.07, 6.45) is 5.22. The van der Waals surface area contributed by atoms with Gasteiger partial charge in [0.1, 0.15) is 0 Å². The zero-order chi connectivity index (χ0) is 10.6. The van der Waals surface area contributed by atoms with Crippen LogP contribution in [0.2, 0.25) is 0 Å². The molecule has 0 spiro atoms. The quantitative estimate of drug-likeness (QED) is 0.717. The van der Waals surface area contributed by atoms with E-state index in [-0.39, 0.29) is 11.9 Å². The molecule has 0 aromatic rings. The lowest BCUT2D eigenvalue weighted by atomic mass is 10.1. The molecule has 82 valence electrons. The van der Waals surface area contributed by atoms with Crippen LogP contribution in [-0.2, 0) is 4.79 Å². The van der Waals surface area contributed by atoms with E-state index in [2.05, 4.69) is 12.2 Å². The van der Waals surface area contributed by atoms with Crippen LogP contribution in [0.1, 0.15) is 46.0 Å². The molecule has 0 aromatic heterocycles. The van der Waals surface area contributed by atoms with Crippen molar-refractivity contribution in [2.45, 2.75) is 58.0 Å². The summed E-state index contributed by atoms with van der Waals surface area (Å²) in [5.41, 5.74) is 5.73. The Bertz CT molecular complexity index is 194. The number of carbonyl (C=O) groups excluding carboxylic acids is 1. The van der Waals surface area contributed by atoms with Crippen molar-refractivity contribution in [3.8, 4) is 0 Å². The highest BCUT2D eigenvalue weighted by molar-refractivity contribution is 5.81. The molecule has 0 heterocycles. The minimum absolute atomic E-state index is 0.0333. The van der Waals surface area contributed by atoms with Crippen molar-refractivity contribution in [1.29, 1.82) is 0 Å². The molecule has 3 heteroatoms. The van der Waals surface area contributed by atoms with Crippen LogP contribution >= 0.6 is 0 Å². The lowest BCUT2D eigenvalue weighted by molar-refractivity contribution is -0.123. The van der Waals surface area contributed by atoms with Gasteiger partial charge in [0.05, 0.1) is 6.04 Å². The molecule has 14 heavy (non-hydrogen) atoms. The summed E-state index contributed by atoms with van der Waals surface area (Å²) < 4.78 is 0. The Labute approximate surface area is 86.4 Å². The van der Waals surface area contributed by atoms with Crippen molar-refractivity contribution in [2.24, 2.45) is 11.7 Å². The Balaban J connectivity index is 2.26. The standard InChI is InChI=1S/C11H22N2O/c1-3-4-10(12)11(14)13-9-6-5-8(2)7-9/h8-10H,3-7,12H2,1-2H3,(H,13,14)/t8?,9?,10-/m1/s1. The van der Waals surface area contributed by atoms with Crippen molar-refractivity contribution in [3.63, 3.8) is 0 Å². The lowest BCUT2D eigenvalue weighted by Crippen LogP contribution is -2.44. The first-order valence-corrected chi connectivity index (χ1v) is 5.69. The second kappa shape index (κ2) is 5.35. The van der Waals surface area contributed by atoms with Gasteiger partial charge in [-0.3, -0.25) is 4.79 Å². The van der Waals surface area contributed by atoms with Gasteiger partial charge in [-0.05, 0) is 31.6 Å². The van der Waals surface area contributed by atoms with E-state index in [1.807, 2.05) is 6.92 Å². The number of amides is 1. The highest BCUT2D eigenvalue weighted by Crippen LogP contribution is 2.24. The van der Waals surface area contributed by atoms with Crippen molar-refractivity contribution in [2.75, 3.05) is 0 Å². The molecule has 0 aliphatic heterocycles. The van der Waals surface area contributed by atoms with Gasteiger partial charge in [0, 0.05) is 6.04 Å². The largest absolute Gasteiger partial charge is 0.352 e. The highest BCUT2D eigenvalue weighted by atomic mass is 16.2. The molecule has 3 atom stereocenters. The maximum absolute atomic E-state index is 11.6. The van der Waals surface area contributed by atoms with E-state index >= 15 is 0 Å². The van der Waals surface area contributed by atoms with Crippen LogP contribution in [0.25, 0.3) is 0 Å². The SMILES string of the molecule is CCC[C@@H](N)C(=O)NC1CCC(C)C1. The molecular weight excluding hydrogens is 176 g/mol. The monoisotopic (exact) mass is 198 g/mol. The molecule has 1 rings (SSSR count). The molecule has 0 bridgehead atoms. The summed E-state index contributed by atoms with van der Waals surface area (Å²) in [4.78, 5) is 11.6. The molecule has 1 aliphatic rings. The Morgan fingerprint density at radius 2 is 2.29 bits per heavy atom. The maximum Gasteiger partial charge on any atom is 0.237 e. The van der Waals surface area contributed by atoms with Crippen LogP contribution in [0.5, 0.6) is 0 Å². The van der Waals surface area contributed by atoms with Gasteiger partial charge in [0.2, 0.25) is 5.91 Å². The fraction of sp³-hybridized carbons (Fsp3) is 0.909. The molecule has 1 fully saturated rings. The van der Waals surface area contributed by atoms with E-state index in [4.69, 9.17) is 5.73 Å². The molecule has 3 nitrogen and oxygen atoms in total. The number of rotatable bonds is 4. The summed E-state index contributed by atoms with van der Waals surface area (Å²) in [7, 11) is 0. The van der Waals surface area contributed by atoms with Gasteiger partial charge in [-0.2, -0.15) is 0 Å². The van der Waals surface area contributed by atoms with E-state index in [9.17, 15) is 4.79 Å². The van der Waals surface area contributed by atoms with Crippen LogP contribution in [0.15, 0.2) is 0 Å². The third-order valence-corrected chi connectivity index (χ3v) is 2.98. The minimum Gasteiger partial charge on any atom is -0.352 e. The molecule has 1 aliphatic carbocycles. The first kappa shape index (κ1) is 11.5. The summed E-state index contributed by atoms with van der Waals surface area (Å²) >= 11 is 0. The van der Waals surface area contributed by atoms with Gasteiger partial charge in [0.15, 0.2) is 0 Å². The first-order chi connectivity index (χ1) is 6.63. The fourth-order valence-corrected chi connectivity index (χ4v) is 2.09. The molecule has 3 N–H and O–H groups in total. The Hall–Kier alpha value is -0.570. The third kappa shape index (κ3) is 3.29.